The summed E-state index contributed by atoms with van der Waals surface area (Å²) >= 11 is 0. The van der Waals surface area contributed by atoms with Crippen LogP contribution in [0.4, 0.5) is 4.39 Å². The summed E-state index contributed by atoms with van der Waals surface area (Å²) in [7, 11) is 1.45. The van der Waals surface area contributed by atoms with Crippen molar-refractivity contribution in [2.75, 3.05) is 13.6 Å². The number of rotatable bonds is 6. The largest absolute Gasteiger partial charge is 0.334 e. The molecule has 0 saturated carbocycles. The maximum Gasteiger partial charge on any atom is 0.254 e. The summed E-state index contributed by atoms with van der Waals surface area (Å²) < 4.78 is 13.5. The standard InChI is InChI=1S/C15H18FNO3/c1-10(2)11-6-12(8-13(16)7-11)15(20)17(3)9-14(19)4-5-18/h5-8,10H,4,9H2,1-3H3. The third-order valence-corrected chi connectivity index (χ3v) is 2.90. The van der Waals surface area contributed by atoms with Gasteiger partial charge in [-0.15, -0.1) is 0 Å². The number of amides is 1. The minimum absolute atomic E-state index is 0.0965. The summed E-state index contributed by atoms with van der Waals surface area (Å²) in [5.41, 5.74) is 0.927. The van der Waals surface area contributed by atoms with Crippen LogP contribution in [0.25, 0.3) is 0 Å². The van der Waals surface area contributed by atoms with E-state index in [1.165, 1.54) is 18.0 Å². The van der Waals surface area contributed by atoms with Crippen LogP contribution < -0.4 is 0 Å². The van der Waals surface area contributed by atoms with Gasteiger partial charge in [0, 0.05) is 12.6 Å². The summed E-state index contributed by atoms with van der Waals surface area (Å²) in [6.07, 6.45) is 0.276. The molecule has 1 amide bonds. The average Bonchev–Trinajstić information content (AvgIpc) is 2.37. The second-order valence-electron chi connectivity index (χ2n) is 5.00. The number of Topliss-reactive ketones (excluding diaryl/α,β-unsaturated/α-hetero) is 1. The van der Waals surface area contributed by atoms with Crippen LogP contribution in [0.1, 0.15) is 42.1 Å². The predicted molar refractivity (Wildman–Crippen MR) is 73.1 cm³/mol. The maximum atomic E-state index is 13.5. The number of ketones is 1. The van der Waals surface area contributed by atoms with E-state index in [1.54, 1.807) is 6.07 Å². The minimum atomic E-state index is -0.479. The topological polar surface area (TPSA) is 54.5 Å². The van der Waals surface area contributed by atoms with Crippen molar-refractivity contribution in [3.63, 3.8) is 0 Å². The Hall–Kier alpha value is -2.04. The van der Waals surface area contributed by atoms with Crippen LogP contribution in [0.3, 0.4) is 0 Å². The Morgan fingerprint density at radius 2 is 1.95 bits per heavy atom. The number of hydrogen-bond acceptors (Lipinski definition) is 3. The first-order chi connectivity index (χ1) is 9.35. The molecule has 0 unspecified atom stereocenters. The maximum absolute atomic E-state index is 13.5. The van der Waals surface area contributed by atoms with Crippen molar-refractivity contribution >= 4 is 18.0 Å². The normalized spacial score (nSPS) is 10.4. The number of nitrogens with zero attached hydrogens (tertiary/aromatic N) is 1. The Morgan fingerprint density at radius 1 is 1.30 bits per heavy atom. The number of halogens is 1. The lowest BCUT2D eigenvalue weighted by Gasteiger charge is -2.17. The first-order valence-electron chi connectivity index (χ1n) is 6.36. The second kappa shape index (κ2) is 6.93. The summed E-state index contributed by atoms with van der Waals surface area (Å²) in [5.74, 6) is -1.17. The van der Waals surface area contributed by atoms with E-state index in [0.717, 1.165) is 11.6 Å². The van der Waals surface area contributed by atoms with Gasteiger partial charge >= 0.3 is 0 Å². The van der Waals surface area contributed by atoms with Gasteiger partial charge in [-0.25, -0.2) is 4.39 Å². The molecule has 0 bridgehead atoms. The van der Waals surface area contributed by atoms with E-state index in [-0.39, 0.29) is 30.2 Å². The van der Waals surface area contributed by atoms with E-state index in [0.29, 0.717) is 6.29 Å². The van der Waals surface area contributed by atoms with Gasteiger partial charge in [0.2, 0.25) is 0 Å². The number of benzene rings is 1. The van der Waals surface area contributed by atoms with E-state index in [4.69, 9.17) is 0 Å². The molecule has 1 aromatic rings. The van der Waals surface area contributed by atoms with Crippen LogP contribution in [0, 0.1) is 5.82 Å². The van der Waals surface area contributed by atoms with Crippen molar-refractivity contribution in [3.05, 3.63) is 35.1 Å². The quantitative estimate of drug-likeness (QED) is 0.592. The zero-order valence-corrected chi connectivity index (χ0v) is 11.9. The summed E-state index contributed by atoms with van der Waals surface area (Å²) in [6.45, 7) is 3.64. The van der Waals surface area contributed by atoms with Gasteiger partial charge in [0.05, 0.1) is 13.0 Å². The van der Waals surface area contributed by atoms with Gasteiger partial charge < -0.3 is 9.69 Å². The lowest BCUT2D eigenvalue weighted by Crippen LogP contribution is -2.32. The molecule has 1 rings (SSSR count). The van der Waals surface area contributed by atoms with Crippen LogP contribution in [-0.2, 0) is 9.59 Å². The van der Waals surface area contributed by atoms with E-state index in [2.05, 4.69) is 0 Å². The fourth-order valence-corrected chi connectivity index (χ4v) is 1.78. The van der Waals surface area contributed by atoms with Crippen molar-refractivity contribution in [3.8, 4) is 0 Å². The molecule has 0 radical (unpaired) electrons. The Labute approximate surface area is 117 Å². The highest BCUT2D eigenvalue weighted by atomic mass is 19.1. The van der Waals surface area contributed by atoms with Crippen molar-refractivity contribution in [2.45, 2.75) is 26.2 Å². The third kappa shape index (κ3) is 4.26. The minimum Gasteiger partial charge on any atom is -0.334 e. The summed E-state index contributed by atoms with van der Waals surface area (Å²) in [5, 5.41) is 0. The number of carbonyl (C=O) groups is 3. The van der Waals surface area contributed by atoms with Gasteiger partial charge in [-0.05, 0) is 29.7 Å². The highest BCUT2D eigenvalue weighted by molar-refractivity contribution is 5.98. The molecule has 5 heteroatoms. The van der Waals surface area contributed by atoms with E-state index in [1.807, 2.05) is 13.8 Å². The van der Waals surface area contributed by atoms with Crippen LogP contribution in [0.5, 0.6) is 0 Å². The Kier molecular flexibility index (Phi) is 5.55. The lowest BCUT2D eigenvalue weighted by molar-refractivity contribution is -0.122. The van der Waals surface area contributed by atoms with Crippen molar-refractivity contribution in [2.24, 2.45) is 0 Å². The molecule has 4 nitrogen and oxygen atoms in total. The molecule has 0 aliphatic heterocycles. The Balaban J connectivity index is 2.91. The van der Waals surface area contributed by atoms with Crippen molar-refractivity contribution in [1.29, 1.82) is 0 Å². The van der Waals surface area contributed by atoms with Crippen molar-refractivity contribution < 1.29 is 18.8 Å². The molecule has 0 aliphatic rings. The first-order valence-corrected chi connectivity index (χ1v) is 6.36. The van der Waals surface area contributed by atoms with Crippen LogP contribution in [0.2, 0.25) is 0 Å². The molecule has 0 N–H and O–H groups in total. The van der Waals surface area contributed by atoms with Gasteiger partial charge in [-0.3, -0.25) is 9.59 Å². The van der Waals surface area contributed by atoms with Gasteiger partial charge in [-0.1, -0.05) is 13.8 Å². The molecule has 0 saturated heterocycles. The highest BCUT2D eigenvalue weighted by Gasteiger charge is 2.16. The number of likely N-dealkylation sites (N-methyl/N-ethyl adjacent to an activating group) is 1. The second-order valence-corrected chi connectivity index (χ2v) is 5.00. The SMILES string of the molecule is CC(C)c1cc(F)cc(C(=O)N(C)CC(=O)CC=O)c1. The van der Waals surface area contributed by atoms with E-state index < -0.39 is 11.7 Å². The van der Waals surface area contributed by atoms with E-state index >= 15 is 0 Å². The zero-order valence-electron chi connectivity index (χ0n) is 11.9. The average molecular weight is 279 g/mol. The smallest absolute Gasteiger partial charge is 0.254 e. The molecule has 0 heterocycles. The molecular weight excluding hydrogens is 261 g/mol. The number of aldehydes is 1. The molecule has 0 atom stereocenters. The van der Waals surface area contributed by atoms with Gasteiger partial charge in [0.15, 0.2) is 5.78 Å². The van der Waals surface area contributed by atoms with Crippen LogP contribution >= 0.6 is 0 Å². The summed E-state index contributed by atoms with van der Waals surface area (Å²) in [6, 6.07) is 4.16. The van der Waals surface area contributed by atoms with Crippen LogP contribution in [-0.4, -0.2) is 36.5 Å². The molecule has 1 aromatic carbocycles. The monoisotopic (exact) mass is 279 g/mol. The lowest BCUT2D eigenvalue weighted by atomic mass is 10.00. The molecule has 0 aliphatic carbocycles. The number of carbonyl (C=O) groups excluding carboxylic acids is 3. The molecule has 0 fully saturated rings. The molecule has 0 spiro atoms. The predicted octanol–water partition coefficient (Wildman–Crippen LogP) is 2.18. The summed E-state index contributed by atoms with van der Waals surface area (Å²) in [4.78, 5) is 34.9. The van der Waals surface area contributed by atoms with Crippen molar-refractivity contribution in [1.82, 2.24) is 4.90 Å². The zero-order chi connectivity index (χ0) is 15.3. The molecule has 108 valence electrons. The first kappa shape index (κ1) is 16.0. The van der Waals surface area contributed by atoms with Gasteiger partial charge in [0.25, 0.3) is 5.91 Å². The Morgan fingerprint density at radius 3 is 2.50 bits per heavy atom. The molecular formula is C15H18FNO3. The van der Waals surface area contributed by atoms with E-state index in [9.17, 15) is 18.8 Å². The third-order valence-electron chi connectivity index (χ3n) is 2.90. The number of hydrogen-bond donors (Lipinski definition) is 0. The fourth-order valence-electron chi connectivity index (χ4n) is 1.78. The Bertz CT molecular complexity index is 526. The van der Waals surface area contributed by atoms with Gasteiger partial charge in [-0.2, -0.15) is 0 Å². The fraction of sp³-hybridized carbons (Fsp3) is 0.400. The molecule has 0 aromatic heterocycles. The van der Waals surface area contributed by atoms with Gasteiger partial charge in [0.1, 0.15) is 12.1 Å². The van der Waals surface area contributed by atoms with Crippen LogP contribution in [0.15, 0.2) is 18.2 Å². The molecule has 20 heavy (non-hydrogen) atoms. The highest BCUT2D eigenvalue weighted by Crippen LogP contribution is 2.18.